The van der Waals surface area contributed by atoms with Crippen LogP contribution in [0.2, 0.25) is 0 Å². The molecule has 0 saturated heterocycles. The summed E-state index contributed by atoms with van der Waals surface area (Å²) in [7, 11) is 1.48. The molecule has 0 aliphatic heterocycles. The number of aryl methyl sites for hydroxylation is 2. The number of aliphatic imine (C=N–C) groups is 1. The molecule has 2 aromatic heterocycles. The zero-order valence-electron chi connectivity index (χ0n) is 11.3. The molecule has 7 nitrogen and oxygen atoms in total. The van der Waals surface area contributed by atoms with Crippen molar-refractivity contribution in [1.82, 2.24) is 5.27 Å². The normalized spacial score (nSPS) is 14.8. The molecular formula is C13H12N4O3S. The van der Waals surface area contributed by atoms with Crippen LogP contribution in [0.5, 0.6) is 0 Å². The van der Waals surface area contributed by atoms with Crippen LogP contribution in [-0.4, -0.2) is 11.2 Å². The second kappa shape index (κ2) is 5.18. The van der Waals surface area contributed by atoms with Gasteiger partial charge in [-0.2, -0.15) is 5.26 Å². The van der Waals surface area contributed by atoms with E-state index in [2.05, 4.69) is 20.9 Å². The van der Waals surface area contributed by atoms with E-state index in [1.54, 1.807) is 0 Å². The highest BCUT2D eigenvalue weighted by atomic mass is 32.1. The summed E-state index contributed by atoms with van der Waals surface area (Å²) in [5.41, 5.74) is 0.507. The minimum absolute atomic E-state index is 0.190. The van der Waals surface area contributed by atoms with Gasteiger partial charge in [0.05, 0.1) is 11.5 Å². The lowest BCUT2D eigenvalue weighted by Gasteiger charge is -2.09. The number of aromatic amines is 1. The maximum absolute atomic E-state index is 12.1. The van der Waals surface area contributed by atoms with Crippen molar-refractivity contribution in [2.45, 2.75) is 25.7 Å². The average Bonchev–Trinajstić information content (AvgIpc) is 2.98. The summed E-state index contributed by atoms with van der Waals surface area (Å²) in [6, 6.07) is 2.13. The van der Waals surface area contributed by atoms with Crippen molar-refractivity contribution in [3.05, 3.63) is 32.1 Å². The van der Waals surface area contributed by atoms with Crippen molar-refractivity contribution in [3.63, 3.8) is 0 Å². The summed E-state index contributed by atoms with van der Waals surface area (Å²) in [5, 5.41) is 24.1. The van der Waals surface area contributed by atoms with Crippen LogP contribution in [0.1, 0.15) is 34.5 Å². The first-order chi connectivity index (χ1) is 10.1. The summed E-state index contributed by atoms with van der Waals surface area (Å²) >= 11 is 1.36. The standard InChI is InChI=1S/C13H12N4O3S/c1-17-10(13(19)20-16-17)11(18)15-12-8(6-14)7-4-2-3-5-9(7)21-12/h2-5H2,1H3,(H-,15,16,18,19). The van der Waals surface area contributed by atoms with Crippen LogP contribution in [0.25, 0.3) is 0 Å². The third kappa shape index (κ3) is 2.25. The van der Waals surface area contributed by atoms with Gasteiger partial charge in [0, 0.05) is 4.88 Å². The number of aromatic nitrogens is 2. The Bertz CT molecular complexity index is 822. The molecule has 0 radical (unpaired) electrons. The molecule has 1 aliphatic carbocycles. The zero-order chi connectivity index (χ0) is 15.0. The first-order valence-electron chi connectivity index (χ1n) is 6.50. The molecule has 8 heteroatoms. The van der Waals surface area contributed by atoms with E-state index < -0.39 is 11.5 Å². The Morgan fingerprint density at radius 3 is 2.95 bits per heavy atom. The van der Waals surface area contributed by atoms with E-state index in [9.17, 15) is 15.2 Å². The number of nitrogens with one attached hydrogen (secondary N) is 1. The molecule has 0 unspecified atom stereocenters. The topological polar surface area (TPSA) is 109 Å². The van der Waals surface area contributed by atoms with Gasteiger partial charge >= 0.3 is 11.3 Å². The third-order valence-corrected chi connectivity index (χ3v) is 4.66. The maximum Gasteiger partial charge on any atom is 0.435 e. The monoisotopic (exact) mass is 304 g/mol. The number of hydrogen-bond donors (Lipinski definition) is 1. The van der Waals surface area contributed by atoms with Gasteiger partial charge in [-0.3, -0.25) is 4.52 Å². The SMILES string of the molecule is C[n+]1[nH]oc(=O)c1/C([O-])=N/c1sc2c(c1C#N)CCCC2. The molecule has 1 aliphatic rings. The van der Waals surface area contributed by atoms with Crippen molar-refractivity contribution in [2.75, 3.05) is 0 Å². The number of H-pyrrole nitrogens is 1. The van der Waals surface area contributed by atoms with E-state index in [0.717, 1.165) is 36.1 Å². The molecule has 0 fully saturated rings. The van der Waals surface area contributed by atoms with Gasteiger partial charge in [-0.15, -0.1) is 11.3 Å². The largest absolute Gasteiger partial charge is 0.854 e. The molecule has 0 aromatic carbocycles. The number of rotatable bonds is 2. The predicted molar refractivity (Wildman–Crippen MR) is 72.4 cm³/mol. The van der Waals surface area contributed by atoms with Crippen LogP contribution in [-0.2, 0) is 19.9 Å². The fourth-order valence-electron chi connectivity index (χ4n) is 2.46. The predicted octanol–water partition coefficient (Wildman–Crippen LogP) is 0.0430. The summed E-state index contributed by atoms with van der Waals surface area (Å²) in [5.74, 6) is -0.706. The van der Waals surface area contributed by atoms with Crippen molar-refractivity contribution in [3.8, 4) is 6.07 Å². The van der Waals surface area contributed by atoms with E-state index in [0.29, 0.717) is 10.6 Å². The molecule has 0 saturated carbocycles. The highest BCUT2D eigenvalue weighted by Gasteiger charge is 2.22. The second-order valence-electron chi connectivity index (χ2n) is 4.81. The van der Waals surface area contributed by atoms with Crippen LogP contribution in [0, 0.1) is 11.3 Å². The molecule has 21 heavy (non-hydrogen) atoms. The first kappa shape index (κ1) is 13.6. The van der Waals surface area contributed by atoms with E-state index in [4.69, 9.17) is 0 Å². The van der Waals surface area contributed by atoms with Gasteiger partial charge in [-0.1, -0.05) is 4.68 Å². The van der Waals surface area contributed by atoms with Gasteiger partial charge in [0.25, 0.3) is 0 Å². The molecule has 0 spiro atoms. The number of hydrogen-bond acceptors (Lipinski definition) is 6. The van der Waals surface area contributed by atoms with Gasteiger partial charge in [-0.25, -0.2) is 9.79 Å². The highest BCUT2D eigenvalue weighted by Crippen LogP contribution is 2.39. The van der Waals surface area contributed by atoms with Crippen molar-refractivity contribution < 1.29 is 14.3 Å². The summed E-state index contributed by atoms with van der Waals surface area (Å²) in [6.45, 7) is 0. The zero-order valence-corrected chi connectivity index (χ0v) is 12.1. The minimum atomic E-state index is -0.772. The third-order valence-electron chi connectivity index (χ3n) is 3.47. The molecular weight excluding hydrogens is 292 g/mol. The Morgan fingerprint density at radius 2 is 2.29 bits per heavy atom. The second-order valence-corrected chi connectivity index (χ2v) is 5.89. The smallest absolute Gasteiger partial charge is 0.435 e. The van der Waals surface area contributed by atoms with Crippen LogP contribution in [0.3, 0.4) is 0 Å². The minimum Gasteiger partial charge on any atom is -0.854 e. The van der Waals surface area contributed by atoms with Gasteiger partial charge in [0.2, 0.25) is 0 Å². The Balaban J connectivity index is 2.10. The lowest BCUT2D eigenvalue weighted by atomic mass is 9.96. The quantitative estimate of drug-likeness (QED) is 0.480. The summed E-state index contributed by atoms with van der Waals surface area (Å²) in [4.78, 5) is 16.5. The maximum atomic E-state index is 12.1. The van der Waals surface area contributed by atoms with Crippen LogP contribution in [0.15, 0.2) is 14.3 Å². The molecule has 2 heterocycles. The van der Waals surface area contributed by atoms with Crippen molar-refractivity contribution in [2.24, 2.45) is 12.0 Å². The number of nitriles is 1. The van der Waals surface area contributed by atoms with Crippen molar-refractivity contribution in [1.29, 1.82) is 5.26 Å². The Kier molecular flexibility index (Phi) is 3.35. The van der Waals surface area contributed by atoms with Crippen LogP contribution in [0.4, 0.5) is 5.00 Å². The molecule has 0 amide bonds. The van der Waals surface area contributed by atoms with Crippen molar-refractivity contribution >= 4 is 22.2 Å². The Morgan fingerprint density at radius 1 is 1.52 bits per heavy atom. The lowest BCUT2D eigenvalue weighted by Crippen LogP contribution is -2.43. The Hall–Kier alpha value is -2.40. The average molecular weight is 304 g/mol. The summed E-state index contributed by atoms with van der Waals surface area (Å²) in [6.07, 6.45) is 3.89. The van der Waals surface area contributed by atoms with Gasteiger partial charge < -0.3 is 5.11 Å². The van der Waals surface area contributed by atoms with Gasteiger partial charge in [0.1, 0.15) is 11.1 Å². The molecule has 2 aromatic rings. The fraction of sp³-hybridized carbons (Fsp3) is 0.385. The summed E-state index contributed by atoms with van der Waals surface area (Å²) < 4.78 is 5.71. The number of thiophene rings is 1. The van der Waals surface area contributed by atoms with Crippen LogP contribution < -0.4 is 15.4 Å². The van der Waals surface area contributed by atoms with E-state index in [1.165, 1.54) is 23.1 Å². The molecule has 1 N–H and O–H groups in total. The fourth-order valence-corrected chi connectivity index (χ4v) is 3.67. The van der Waals surface area contributed by atoms with E-state index in [-0.39, 0.29) is 5.69 Å². The van der Waals surface area contributed by atoms with Crippen LogP contribution >= 0.6 is 11.3 Å². The highest BCUT2D eigenvalue weighted by molar-refractivity contribution is 7.16. The molecule has 0 atom stereocenters. The molecule has 108 valence electrons. The molecule has 3 rings (SSSR count). The first-order valence-corrected chi connectivity index (χ1v) is 7.31. The van der Waals surface area contributed by atoms with Gasteiger partial charge in [0.15, 0.2) is 7.05 Å². The molecule has 0 bridgehead atoms. The van der Waals surface area contributed by atoms with E-state index in [1.807, 2.05) is 0 Å². The number of fused-ring (bicyclic) bond motifs is 1. The lowest BCUT2D eigenvalue weighted by molar-refractivity contribution is -0.742. The number of nitrogens with zero attached hydrogens (tertiary/aromatic N) is 3. The van der Waals surface area contributed by atoms with E-state index >= 15 is 0 Å². The van der Waals surface area contributed by atoms with Gasteiger partial charge in [-0.05, 0) is 36.5 Å². The Labute approximate surface area is 123 Å².